The number of rotatable bonds is 3. The molecule has 3 atom stereocenters. The number of hydrogen-bond donors (Lipinski definition) is 1. The molecule has 2 fully saturated rings. The molecule has 2 aliphatic heterocycles. The van der Waals surface area contributed by atoms with Crippen molar-refractivity contribution < 1.29 is 4.21 Å². The van der Waals surface area contributed by atoms with Gasteiger partial charge in [0.1, 0.15) is 0 Å². The highest BCUT2D eigenvalue weighted by Gasteiger charge is 2.36. The van der Waals surface area contributed by atoms with E-state index in [-0.39, 0.29) is 0 Å². The van der Waals surface area contributed by atoms with Crippen LogP contribution in [0.1, 0.15) is 32.6 Å². The van der Waals surface area contributed by atoms with Gasteiger partial charge in [-0.3, -0.25) is 0 Å². The van der Waals surface area contributed by atoms with Crippen molar-refractivity contribution in [2.24, 2.45) is 0 Å². The van der Waals surface area contributed by atoms with E-state index in [0.717, 1.165) is 5.75 Å². The van der Waals surface area contributed by atoms with Gasteiger partial charge in [-0.15, -0.1) is 0 Å². The Bertz CT molecular complexity index is 222. The molecule has 2 saturated heterocycles. The Labute approximate surface area is 88.8 Å². The third-order valence-electron chi connectivity index (χ3n) is 3.53. The molecular weight excluding hydrogens is 196 g/mol. The molecule has 2 heterocycles. The van der Waals surface area contributed by atoms with Crippen LogP contribution in [-0.4, -0.2) is 39.4 Å². The molecule has 0 aliphatic carbocycles. The first kappa shape index (κ1) is 10.6. The fourth-order valence-corrected chi connectivity index (χ4v) is 3.61. The Morgan fingerprint density at radius 2 is 1.93 bits per heavy atom. The van der Waals surface area contributed by atoms with E-state index in [2.05, 4.69) is 9.62 Å². The highest BCUT2D eigenvalue weighted by atomic mass is 32.2. The van der Waals surface area contributed by atoms with Gasteiger partial charge in [0.2, 0.25) is 0 Å². The summed E-state index contributed by atoms with van der Waals surface area (Å²) in [6, 6.07) is 1.92. The van der Waals surface area contributed by atoms with Gasteiger partial charge in [0.25, 0.3) is 0 Å². The minimum Gasteiger partial charge on any atom is -0.311 e. The van der Waals surface area contributed by atoms with E-state index in [4.69, 9.17) is 0 Å². The SMILES string of the molecule is CCS(=O)N(C)C1CC2CCC(C1)N2. The third-order valence-corrected chi connectivity index (χ3v) is 4.97. The maximum absolute atomic E-state index is 11.7. The largest absolute Gasteiger partial charge is 0.311 e. The average Bonchev–Trinajstić information content (AvgIpc) is 2.55. The molecular formula is C10H20N2OS. The zero-order chi connectivity index (χ0) is 10.1. The summed E-state index contributed by atoms with van der Waals surface area (Å²) < 4.78 is 13.7. The third kappa shape index (κ3) is 2.02. The Morgan fingerprint density at radius 3 is 2.43 bits per heavy atom. The first-order valence-electron chi connectivity index (χ1n) is 5.58. The quantitative estimate of drug-likeness (QED) is 0.760. The molecule has 2 aliphatic rings. The Morgan fingerprint density at radius 1 is 1.36 bits per heavy atom. The van der Waals surface area contributed by atoms with Gasteiger partial charge in [-0.25, -0.2) is 8.51 Å². The summed E-state index contributed by atoms with van der Waals surface area (Å²) in [5.74, 6) is 0.746. The smallest absolute Gasteiger partial charge is 0.0939 e. The molecule has 3 unspecified atom stereocenters. The minimum absolute atomic E-state index is 0.537. The lowest BCUT2D eigenvalue weighted by Gasteiger charge is -2.34. The zero-order valence-electron chi connectivity index (χ0n) is 9.03. The van der Waals surface area contributed by atoms with Crippen molar-refractivity contribution in [1.82, 2.24) is 9.62 Å². The van der Waals surface area contributed by atoms with E-state index in [1.165, 1.54) is 25.7 Å². The summed E-state index contributed by atoms with van der Waals surface area (Å²) in [6.07, 6.45) is 4.99. The molecule has 0 saturated carbocycles. The van der Waals surface area contributed by atoms with E-state index in [0.29, 0.717) is 18.1 Å². The van der Waals surface area contributed by atoms with Crippen molar-refractivity contribution in [3.05, 3.63) is 0 Å². The minimum atomic E-state index is -0.766. The zero-order valence-corrected chi connectivity index (χ0v) is 9.85. The van der Waals surface area contributed by atoms with Gasteiger partial charge >= 0.3 is 0 Å². The highest BCUT2D eigenvalue weighted by Crippen LogP contribution is 2.29. The standard InChI is InChI=1S/C10H20N2OS/c1-3-14(13)12(2)10-6-8-4-5-9(7-10)11-8/h8-11H,3-7H2,1-2H3. The molecule has 0 aromatic rings. The number of hydrogen-bond acceptors (Lipinski definition) is 2. The van der Waals surface area contributed by atoms with E-state index < -0.39 is 11.0 Å². The van der Waals surface area contributed by atoms with Crippen LogP contribution < -0.4 is 5.32 Å². The number of nitrogens with zero attached hydrogens (tertiary/aromatic N) is 1. The molecule has 0 aromatic heterocycles. The molecule has 14 heavy (non-hydrogen) atoms. The predicted octanol–water partition coefficient (Wildman–Crippen LogP) is 0.885. The molecule has 0 radical (unpaired) electrons. The number of piperidine rings is 1. The first-order chi connectivity index (χ1) is 6.70. The highest BCUT2D eigenvalue weighted by molar-refractivity contribution is 7.82. The van der Waals surface area contributed by atoms with Gasteiger partial charge in [-0.05, 0) is 25.7 Å². The molecule has 0 aromatic carbocycles. The van der Waals surface area contributed by atoms with Gasteiger partial charge in [-0.1, -0.05) is 6.92 Å². The van der Waals surface area contributed by atoms with Crippen molar-refractivity contribution in [2.45, 2.75) is 50.7 Å². The number of nitrogens with one attached hydrogen (secondary N) is 1. The molecule has 2 bridgehead atoms. The summed E-state index contributed by atoms with van der Waals surface area (Å²) in [7, 11) is 1.24. The average molecular weight is 216 g/mol. The van der Waals surface area contributed by atoms with Crippen LogP contribution in [0.15, 0.2) is 0 Å². The van der Waals surface area contributed by atoms with Crippen molar-refractivity contribution in [3.8, 4) is 0 Å². The van der Waals surface area contributed by atoms with E-state index in [9.17, 15) is 4.21 Å². The van der Waals surface area contributed by atoms with E-state index in [1.807, 2.05) is 14.0 Å². The van der Waals surface area contributed by atoms with Crippen LogP contribution in [0.25, 0.3) is 0 Å². The van der Waals surface area contributed by atoms with Crippen LogP contribution in [0, 0.1) is 0 Å². The van der Waals surface area contributed by atoms with E-state index in [1.54, 1.807) is 0 Å². The lowest BCUT2D eigenvalue weighted by Crippen LogP contribution is -2.47. The lowest BCUT2D eigenvalue weighted by molar-refractivity contribution is 0.259. The van der Waals surface area contributed by atoms with Gasteiger partial charge in [0, 0.05) is 30.9 Å². The first-order valence-corrected chi connectivity index (χ1v) is 6.85. The summed E-state index contributed by atoms with van der Waals surface area (Å²) in [5, 5.41) is 3.61. The van der Waals surface area contributed by atoms with Gasteiger partial charge in [0.05, 0.1) is 11.0 Å². The van der Waals surface area contributed by atoms with Crippen molar-refractivity contribution in [3.63, 3.8) is 0 Å². The second kappa shape index (κ2) is 4.29. The van der Waals surface area contributed by atoms with Crippen molar-refractivity contribution in [2.75, 3.05) is 12.8 Å². The molecule has 2 rings (SSSR count). The second-order valence-corrected chi connectivity index (χ2v) is 6.22. The van der Waals surface area contributed by atoms with Crippen molar-refractivity contribution >= 4 is 11.0 Å². The summed E-state index contributed by atoms with van der Waals surface area (Å²) in [5.41, 5.74) is 0. The molecule has 3 nitrogen and oxygen atoms in total. The molecule has 82 valence electrons. The second-order valence-electron chi connectivity index (χ2n) is 4.42. The normalized spacial score (nSPS) is 38.9. The summed E-state index contributed by atoms with van der Waals surface area (Å²) >= 11 is 0. The van der Waals surface area contributed by atoms with Crippen LogP contribution in [0.3, 0.4) is 0 Å². The van der Waals surface area contributed by atoms with Gasteiger partial charge in [-0.2, -0.15) is 0 Å². The fraction of sp³-hybridized carbons (Fsp3) is 1.00. The molecule has 1 N–H and O–H groups in total. The maximum Gasteiger partial charge on any atom is 0.0939 e. The summed E-state index contributed by atoms with van der Waals surface area (Å²) in [4.78, 5) is 0. The predicted molar refractivity (Wildman–Crippen MR) is 59.4 cm³/mol. The van der Waals surface area contributed by atoms with Gasteiger partial charge in [0.15, 0.2) is 0 Å². The van der Waals surface area contributed by atoms with Crippen LogP contribution in [0.4, 0.5) is 0 Å². The Balaban J connectivity index is 1.95. The number of fused-ring (bicyclic) bond motifs is 2. The topological polar surface area (TPSA) is 32.3 Å². The monoisotopic (exact) mass is 216 g/mol. The molecule has 4 heteroatoms. The Kier molecular flexibility index (Phi) is 3.24. The van der Waals surface area contributed by atoms with Crippen LogP contribution in [-0.2, 0) is 11.0 Å². The van der Waals surface area contributed by atoms with Crippen LogP contribution >= 0.6 is 0 Å². The summed E-state index contributed by atoms with van der Waals surface area (Å²) in [6.45, 7) is 1.99. The van der Waals surface area contributed by atoms with Crippen molar-refractivity contribution in [1.29, 1.82) is 0 Å². The lowest BCUT2D eigenvalue weighted by atomic mass is 10.0. The van der Waals surface area contributed by atoms with Crippen LogP contribution in [0.5, 0.6) is 0 Å². The molecule has 0 spiro atoms. The maximum atomic E-state index is 11.7. The Hall–Kier alpha value is 0.0700. The van der Waals surface area contributed by atoms with Crippen LogP contribution in [0.2, 0.25) is 0 Å². The fourth-order valence-electron chi connectivity index (χ4n) is 2.69. The van der Waals surface area contributed by atoms with E-state index >= 15 is 0 Å². The molecule has 0 amide bonds. The van der Waals surface area contributed by atoms with Gasteiger partial charge < -0.3 is 5.32 Å².